The van der Waals surface area contributed by atoms with Crippen molar-refractivity contribution in [2.75, 3.05) is 13.2 Å². The second-order valence-electron chi connectivity index (χ2n) is 7.46. The molecule has 145 valence electrons. The first kappa shape index (κ1) is 17.9. The van der Waals surface area contributed by atoms with Crippen molar-refractivity contribution in [3.63, 3.8) is 0 Å². The third-order valence-corrected chi connectivity index (χ3v) is 5.46. The van der Waals surface area contributed by atoms with Crippen molar-refractivity contribution in [3.8, 4) is 22.6 Å². The van der Waals surface area contributed by atoms with Gasteiger partial charge in [-0.2, -0.15) is 0 Å². The number of hydrogen-bond acceptors (Lipinski definition) is 2. The van der Waals surface area contributed by atoms with E-state index in [9.17, 15) is 0 Å². The van der Waals surface area contributed by atoms with E-state index < -0.39 is 0 Å². The van der Waals surface area contributed by atoms with Gasteiger partial charge in [0, 0.05) is 18.1 Å². The van der Waals surface area contributed by atoms with Crippen LogP contribution in [0.3, 0.4) is 0 Å². The van der Waals surface area contributed by atoms with Gasteiger partial charge in [0.15, 0.2) is 0 Å². The highest BCUT2D eigenvalue weighted by Gasteiger charge is 2.11. The quantitative estimate of drug-likeness (QED) is 0.387. The van der Waals surface area contributed by atoms with Crippen LogP contribution in [0.2, 0.25) is 0 Å². The Labute approximate surface area is 171 Å². The largest absolute Gasteiger partial charge is 0.493 e. The van der Waals surface area contributed by atoms with Crippen LogP contribution in [-0.2, 0) is 6.42 Å². The molecular formula is C26H24NO2. The molecule has 0 unspecified atom stereocenters. The Morgan fingerprint density at radius 2 is 1.55 bits per heavy atom. The van der Waals surface area contributed by atoms with Crippen molar-refractivity contribution < 1.29 is 9.47 Å². The Kier molecular flexibility index (Phi) is 4.95. The molecule has 1 aliphatic rings. The lowest BCUT2D eigenvalue weighted by molar-refractivity contribution is 0.247. The molecule has 3 nitrogen and oxygen atoms in total. The zero-order valence-electron chi connectivity index (χ0n) is 16.4. The minimum absolute atomic E-state index is 0.645. The first-order chi connectivity index (χ1) is 14.3. The number of rotatable bonds is 7. The number of H-pyrrole nitrogens is 1. The van der Waals surface area contributed by atoms with Crippen molar-refractivity contribution in [1.29, 1.82) is 0 Å². The van der Waals surface area contributed by atoms with E-state index in [1.54, 1.807) is 0 Å². The monoisotopic (exact) mass is 382 g/mol. The Bertz CT molecular complexity index is 1110. The van der Waals surface area contributed by atoms with Gasteiger partial charge >= 0.3 is 0 Å². The zero-order chi connectivity index (χ0) is 19.5. The predicted molar refractivity (Wildman–Crippen MR) is 118 cm³/mol. The first-order valence-electron chi connectivity index (χ1n) is 10.2. The molecule has 1 aliphatic carbocycles. The van der Waals surface area contributed by atoms with E-state index in [0.29, 0.717) is 13.2 Å². The molecule has 0 fully saturated rings. The van der Waals surface area contributed by atoms with E-state index >= 15 is 0 Å². The molecule has 1 N–H and O–H groups in total. The summed E-state index contributed by atoms with van der Waals surface area (Å²) in [6.45, 7) is 1.31. The summed E-state index contributed by atoms with van der Waals surface area (Å²) in [5, 5.41) is 1.23. The molecule has 29 heavy (non-hydrogen) atoms. The molecule has 0 saturated heterocycles. The van der Waals surface area contributed by atoms with Crippen LogP contribution in [0.15, 0.2) is 72.9 Å². The smallest absolute Gasteiger partial charge is 0.119 e. The predicted octanol–water partition coefficient (Wildman–Crippen LogP) is 6.18. The molecule has 0 atom stereocenters. The van der Waals surface area contributed by atoms with Gasteiger partial charge in [-0.15, -0.1) is 0 Å². The number of nitrogens with one attached hydrogen (secondary N) is 1. The number of fused-ring (bicyclic) bond motifs is 2. The lowest BCUT2D eigenvalue weighted by Crippen LogP contribution is -2.05. The summed E-state index contributed by atoms with van der Waals surface area (Å²) in [5.41, 5.74) is 6.30. The van der Waals surface area contributed by atoms with Gasteiger partial charge < -0.3 is 14.5 Å². The molecule has 3 heteroatoms. The highest BCUT2D eigenvalue weighted by atomic mass is 16.5. The van der Waals surface area contributed by atoms with Gasteiger partial charge in [-0.25, -0.2) is 0 Å². The first-order valence-corrected chi connectivity index (χ1v) is 10.2. The Hall–Kier alpha value is -3.20. The maximum Gasteiger partial charge on any atom is 0.119 e. The van der Waals surface area contributed by atoms with Gasteiger partial charge in [0.25, 0.3) is 0 Å². The van der Waals surface area contributed by atoms with Crippen LogP contribution in [0.5, 0.6) is 11.5 Å². The van der Waals surface area contributed by atoms with Crippen LogP contribution < -0.4 is 9.47 Å². The second kappa shape index (κ2) is 8.04. The molecule has 0 amide bonds. The number of benzene rings is 3. The summed E-state index contributed by atoms with van der Waals surface area (Å²) in [5.74, 6) is 1.85. The average Bonchev–Trinajstić information content (AvgIpc) is 3.42. The summed E-state index contributed by atoms with van der Waals surface area (Å²) in [6, 6.07) is 23.2. The number of aryl methyl sites for hydroxylation is 1. The Balaban J connectivity index is 1.11. The van der Waals surface area contributed by atoms with Crippen molar-refractivity contribution in [2.45, 2.75) is 19.3 Å². The SMILES string of the molecule is [CH]1CCc2cc(OCCCOc3ccc(-c4ccc5cc[nH]c5c4)cc3)ccc21. The Morgan fingerprint density at radius 3 is 2.45 bits per heavy atom. The minimum Gasteiger partial charge on any atom is -0.493 e. The number of aromatic amines is 1. The van der Waals surface area contributed by atoms with E-state index in [-0.39, 0.29) is 0 Å². The van der Waals surface area contributed by atoms with Crippen LogP contribution in [0, 0.1) is 6.42 Å². The van der Waals surface area contributed by atoms with E-state index in [0.717, 1.165) is 36.3 Å². The second-order valence-corrected chi connectivity index (χ2v) is 7.46. The van der Waals surface area contributed by atoms with E-state index in [1.165, 1.54) is 27.6 Å². The van der Waals surface area contributed by atoms with Crippen molar-refractivity contribution in [2.24, 2.45) is 0 Å². The van der Waals surface area contributed by atoms with Crippen LogP contribution in [0.25, 0.3) is 22.0 Å². The summed E-state index contributed by atoms with van der Waals surface area (Å²) < 4.78 is 11.8. The highest BCUT2D eigenvalue weighted by Crippen LogP contribution is 2.28. The van der Waals surface area contributed by atoms with Crippen LogP contribution in [0.4, 0.5) is 0 Å². The topological polar surface area (TPSA) is 34.2 Å². The number of hydrogen-bond donors (Lipinski definition) is 1. The van der Waals surface area contributed by atoms with Gasteiger partial charge in [0.05, 0.1) is 13.2 Å². The van der Waals surface area contributed by atoms with Gasteiger partial charge in [0.1, 0.15) is 11.5 Å². The van der Waals surface area contributed by atoms with E-state index in [2.05, 4.69) is 66.0 Å². The van der Waals surface area contributed by atoms with Crippen molar-refractivity contribution in [1.82, 2.24) is 4.98 Å². The van der Waals surface area contributed by atoms with Crippen molar-refractivity contribution in [3.05, 3.63) is 90.5 Å². The van der Waals surface area contributed by atoms with Crippen LogP contribution in [-0.4, -0.2) is 18.2 Å². The Morgan fingerprint density at radius 1 is 0.759 bits per heavy atom. The molecule has 5 rings (SSSR count). The molecule has 4 aromatic rings. The molecule has 0 aliphatic heterocycles. The number of ether oxygens (including phenoxy) is 2. The lowest BCUT2D eigenvalue weighted by atomic mass is 10.0. The van der Waals surface area contributed by atoms with Crippen LogP contribution in [0.1, 0.15) is 24.0 Å². The highest BCUT2D eigenvalue weighted by molar-refractivity contribution is 5.84. The third-order valence-electron chi connectivity index (χ3n) is 5.46. The maximum absolute atomic E-state index is 5.88. The van der Waals surface area contributed by atoms with E-state index in [1.807, 2.05) is 18.3 Å². The number of aromatic nitrogens is 1. The zero-order valence-corrected chi connectivity index (χ0v) is 16.4. The summed E-state index contributed by atoms with van der Waals surface area (Å²) in [4.78, 5) is 3.27. The normalized spacial score (nSPS) is 12.8. The summed E-state index contributed by atoms with van der Waals surface area (Å²) in [7, 11) is 0. The average molecular weight is 382 g/mol. The molecule has 1 aromatic heterocycles. The fourth-order valence-corrected chi connectivity index (χ4v) is 3.88. The molecule has 0 saturated carbocycles. The van der Waals surface area contributed by atoms with Gasteiger partial charge in [0.2, 0.25) is 0 Å². The fraction of sp³-hybridized carbons (Fsp3) is 0.192. The van der Waals surface area contributed by atoms with Crippen molar-refractivity contribution >= 4 is 10.9 Å². The molecule has 3 aromatic carbocycles. The summed E-state index contributed by atoms with van der Waals surface area (Å²) in [6.07, 6.45) is 7.39. The standard InChI is InChI=1S/C26H24NO2/c1-3-19-9-12-25(17-22(19)4-1)29-16-2-15-28-24-10-7-20(8-11-24)23-6-5-21-13-14-27-26(21)18-23/h3,5-14,17-18,27H,1-2,4,15-16H2. The fourth-order valence-electron chi connectivity index (χ4n) is 3.88. The molecule has 1 heterocycles. The van der Waals surface area contributed by atoms with E-state index in [4.69, 9.17) is 9.47 Å². The molecular weight excluding hydrogens is 358 g/mol. The molecule has 0 spiro atoms. The maximum atomic E-state index is 5.88. The van der Waals surface area contributed by atoms with Gasteiger partial charge in [-0.3, -0.25) is 0 Å². The third kappa shape index (κ3) is 4.00. The molecule has 0 bridgehead atoms. The van der Waals surface area contributed by atoms with Crippen LogP contribution >= 0.6 is 0 Å². The lowest BCUT2D eigenvalue weighted by Gasteiger charge is -2.10. The molecule has 1 radical (unpaired) electrons. The summed E-state index contributed by atoms with van der Waals surface area (Å²) >= 11 is 0. The van der Waals surface area contributed by atoms with Gasteiger partial charge in [-0.1, -0.05) is 30.3 Å². The van der Waals surface area contributed by atoms with Gasteiger partial charge in [-0.05, 0) is 83.3 Å². The minimum atomic E-state index is 0.645.